The van der Waals surface area contributed by atoms with E-state index in [-0.39, 0.29) is 39.7 Å². The van der Waals surface area contributed by atoms with Gasteiger partial charge in [0, 0.05) is 18.3 Å². The van der Waals surface area contributed by atoms with Crippen molar-refractivity contribution in [2.75, 3.05) is 5.32 Å². The van der Waals surface area contributed by atoms with E-state index in [2.05, 4.69) is 15.0 Å². The van der Waals surface area contributed by atoms with Gasteiger partial charge in [0.1, 0.15) is 11.5 Å². The first-order valence-electron chi connectivity index (χ1n) is 15.2. The lowest BCUT2D eigenvalue weighted by atomic mass is 9.93. The molecular formula is C36H30N4O7S. The Morgan fingerprint density at radius 1 is 0.854 bits per heavy atom. The third-order valence-electron chi connectivity index (χ3n) is 7.98. The van der Waals surface area contributed by atoms with Crippen LogP contribution < -0.4 is 19.5 Å². The van der Waals surface area contributed by atoms with Crippen LogP contribution in [0.15, 0.2) is 108 Å². The van der Waals surface area contributed by atoms with Crippen molar-refractivity contribution in [3.8, 4) is 23.4 Å². The number of rotatable bonds is 10. The van der Waals surface area contributed by atoms with Crippen molar-refractivity contribution in [2.45, 2.75) is 42.7 Å². The SMILES string of the molecule is N#Cc1cccc(S(=O)(=O)NC2CCC(Oc3ccc4cc(Oc5ccc(C(=O)Nc6ccccc6C(=O)O)cn5)ccc4c3)CC2)c1. The summed E-state index contributed by atoms with van der Waals surface area (Å²) in [5.41, 5.74) is 0.713. The molecule has 1 aliphatic rings. The molecule has 5 aromatic rings. The Morgan fingerprint density at radius 2 is 1.58 bits per heavy atom. The maximum atomic E-state index is 12.8. The summed E-state index contributed by atoms with van der Waals surface area (Å²) in [5.74, 6) is -0.0864. The number of anilines is 1. The lowest BCUT2D eigenvalue weighted by Crippen LogP contribution is -2.39. The van der Waals surface area contributed by atoms with Gasteiger partial charge in [-0.05, 0) is 97.1 Å². The van der Waals surface area contributed by atoms with E-state index >= 15 is 0 Å². The summed E-state index contributed by atoms with van der Waals surface area (Å²) >= 11 is 0. The monoisotopic (exact) mass is 662 g/mol. The Balaban J connectivity index is 1.02. The zero-order chi connectivity index (χ0) is 33.7. The van der Waals surface area contributed by atoms with Crippen LogP contribution in [0.25, 0.3) is 10.8 Å². The fraction of sp³-hybridized carbons (Fsp3) is 0.167. The van der Waals surface area contributed by atoms with E-state index in [9.17, 15) is 23.1 Å². The van der Waals surface area contributed by atoms with E-state index in [4.69, 9.17) is 14.7 Å². The molecule has 1 fully saturated rings. The van der Waals surface area contributed by atoms with Crippen LogP contribution in [0.3, 0.4) is 0 Å². The minimum absolute atomic E-state index is 0.0130. The minimum Gasteiger partial charge on any atom is -0.490 e. The Labute approximate surface area is 276 Å². The van der Waals surface area contributed by atoms with Gasteiger partial charge in [-0.15, -0.1) is 0 Å². The number of hydrogen-bond acceptors (Lipinski definition) is 8. The summed E-state index contributed by atoms with van der Waals surface area (Å²) in [6.07, 6.45) is 3.97. The smallest absolute Gasteiger partial charge is 0.337 e. The maximum Gasteiger partial charge on any atom is 0.337 e. The molecular weight excluding hydrogens is 632 g/mol. The van der Waals surface area contributed by atoms with Gasteiger partial charge in [-0.25, -0.2) is 22.9 Å². The number of carboxylic acid groups (broad SMARTS) is 1. The molecule has 6 rings (SSSR count). The highest BCUT2D eigenvalue weighted by molar-refractivity contribution is 7.89. The van der Waals surface area contributed by atoms with Crippen LogP contribution in [0.2, 0.25) is 0 Å². The lowest BCUT2D eigenvalue weighted by Gasteiger charge is -2.29. The minimum atomic E-state index is -3.73. The average Bonchev–Trinajstić information content (AvgIpc) is 3.09. The van der Waals surface area contributed by atoms with Gasteiger partial charge < -0.3 is 19.9 Å². The summed E-state index contributed by atoms with van der Waals surface area (Å²) in [6, 6.07) is 28.3. The maximum absolute atomic E-state index is 12.8. The van der Waals surface area contributed by atoms with Crippen molar-refractivity contribution in [3.63, 3.8) is 0 Å². The number of carbonyl (C=O) groups excluding carboxylic acids is 1. The first-order valence-corrected chi connectivity index (χ1v) is 16.7. The van der Waals surface area contributed by atoms with E-state index in [1.54, 1.807) is 42.5 Å². The summed E-state index contributed by atoms with van der Waals surface area (Å²) in [6.45, 7) is 0. The van der Waals surface area contributed by atoms with E-state index in [1.165, 1.54) is 30.5 Å². The number of benzene rings is 4. The Morgan fingerprint density at radius 3 is 2.29 bits per heavy atom. The van der Waals surface area contributed by atoms with Crippen LogP contribution in [0.5, 0.6) is 17.4 Å². The number of carboxylic acids is 1. The van der Waals surface area contributed by atoms with E-state index in [0.717, 1.165) is 16.5 Å². The highest BCUT2D eigenvalue weighted by atomic mass is 32.2. The molecule has 1 aromatic heterocycles. The van der Waals surface area contributed by atoms with Gasteiger partial charge in [0.25, 0.3) is 5.91 Å². The van der Waals surface area contributed by atoms with Gasteiger partial charge in [0.2, 0.25) is 15.9 Å². The summed E-state index contributed by atoms with van der Waals surface area (Å²) < 4.78 is 40.6. The second kappa shape index (κ2) is 13.9. The molecule has 4 aromatic carbocycles. The van der Waals surface area contributed by atoms with Gasteiger partial charge in [-0.1, -0.05) is 30.3 Å². The third-order valence-corrected chi connectivity index (χ3v) is 9.50. The molecule has 0 atom stereocenters. The normalized spacial score (nSPS) is 16.1. The number of pyridine rings is 1. The van der Waals surface area contributed by atoms with Crippen LogP contribution >= 0.6 is 0 Å². The summed E-state index contributed by atoms with van der Waals surface area (Å²) in [4.78, 5) is 28.4. The predicted octanol–water partition coefficient (Wildman–Crippen LogP) is 6.52. The van der Waals surface area contributed by atoms with Crippen LogP contribution in [0.1, 0.15) is 52.0 Å². The first kappa shape index (κ1) is 32.2. The van der Waals surface area contributed by atoms with Crippen LogP contribution in [0, 0.1) is 11.3 Å². The van der Waals surface area contributed by atoms with Crippen LogP contribution in [0.4, 0.5) is 5.69 Å². The van der Waals surface area contributed by atoms with Crippen molar-refractivity contribution in [1.29, 1.82) is 5.26 Å². The molecule has 48 heavy (non-hydrogen) atoms. The Hall–Kier alpha value is -5.77. The molecule has 1 heterocycles. The number of fused-ring (bicyclic) bond motifs is 1. The fourth-order valence-electron chi connectivity index (χ4n) is 5.52. The first-order chi connectivity index (χ1) is 23.2. The zero-order valence-corrected chi connectivity index (χ0v) is 26.3. The molecule has 0 radical (unpaired) electrons. The largest absolute Gasteiger partial charge is 0.490 e. The number of sulfonamides is 1. The second-order valence-corrected chi connectivity index (χ2v) is 13.0. The molecule has 11 nitrogen and oxygen atoms in total. The van der Waals surface area contributed by atoms with E-state index in [0.29, 0.717) is 37.0 Å². The molecule has 1 aliphatic carbocycles. The summed E-state index contributed by atoms with van der Waals surface area (Å²) in [7, 11) is -3.73. The van der Waals surface area contributed by atoms with Crippen molar-refractivity contribution in [3.05, 3.63) is 120 Å². The second-order valence-electron chi connectivity index (χ2n) is 11.3. The predicted molar refractivity (Wildman–Crippen MR) is 178 cm³/mol. The number of hydrogen-bond donors (Lipinski definition) is 3. The van der Waals surface area contributed by atoms with Crippen LogP contribution in [-0.4, -0.2) is 42.5 Å². The Kier molecular flexibility index (Phi) is 9.33. The summed E-state index contributed by atoms with van der Waals surface area (Å²) in [5, 5.41) is 22.9. The van der Waals surface area contributed by atoms with Crippen molar-refractivity contribution in [2.24, 2.45) is 0 Å². The Bertz CT molecular complexity index is 2140. The molecule has 242 valence electrons. The lowest BCUT2D eigenvalue weighted by molar-refractivity contribution is 0.0698. The molecule has 0 unspecified atom stereocenters. The number of aromatic carboxylic acids is 1. The molecule has 12 heteroatoms. The quantitative estimate of drug-likeness (QED) is 0.151. The standard InChI is InChI=1S/C36H30N4O7S/c37-21-23-4-3-5-31(18-23)48(44,45)40-27-11-15-28(16-12-27)46-29-13-8-25-20-30(14-9-24(25)19-29)47-34-17-10-26(22-38-34)35(41)39-33-7-2-1-6-32(33)36(42)43/h1-10,13-14,17-20,22,27-28,40H,11-12,15-16H2,(H,39,41)(H,42,43). The number of nitriles is 1. The topological polar surface area (TPSA) is 168 Å². The van der Waals surface area contributed by atoms with Crippen molar-refractivity contribution in [1.82, 2.24) is 9.71 Å². The van der Waals surface area contributed by atoms with Gasteiger partial charge in [-0.2, -0.15) is 5.26 Å². The van der Waals surface area contributed by atoms with E-state index in [1.807, 2.05) is 36.4 Å². The fourth-order valence-corrected chi connectivity index (χ4v) is 6.87. The molecule has 3 N–H and O–H groups in total. The number of nitrogens with zero attached hydrogens (tertiary/aromatic N) is 2. The molecule has 1 amide bonds. The highest BCUT2D eigenvalue weighted by Crippen LogP contribution is 2.30. The number of nitrogens with one attached hydrogen (secondary N) is 2. The number of aromatic nitrogens is 1. The van der Waals surface area contributed by atoms with Crippen molar-refractivity contribution < 1.29 is 32.6 Å². The third kappa shape index (κ3) is 7.60. The molecule has 0 saturated heterocycles. The highest BCUT2D eigenvalue weighted by Gasteiger charge is 2.27. The number of amides is 1. The van der Waals surface area contributed by atoms with Gasteiger partial charge in [0.15, 0.2) is 0 Å². The van der Waals surface area contributed by atoms with Crippen LogP contribution in [-0.2, 0) is 10.0 Å². The number of ether oxygens (including phenoxy) is 2. The van der Waals surface area contributed by atoms with Gasteiger partial charge in [0.05, 0.1) is 39.4 Å². The number of carbonyl (C=O) groups is 2. The van der Waals surface area contributed by atoms with Crippen molar-refractivity contribution >= 4 is 38.4 Å². The zero-order valence-electron chi connectivity index (χ0n) is 25.5. The molecule has 1 saturated carbocycles. The molecule has 0 aliphatic heterocycles. The molecule has 0 spiro atoms. The van der Waals surface area contributed by atoms with Gasteiger partial charge in [-0.3, -0.25) is 4.79 Å². The van der Waals surface area contributed by atoms with Gasteiger partial charge >= 0.3 is 5.97 Å². The molecule has 0 bridgehead atoms. The van der Waals surface area contributed by atoms with E-state index < -0.39 is 21.9 Å². The number of para-hydroxylation sites is 1. The average molecular weight is 663 g/mol.